The van der Waals surface area contributed by atoms with E-state index in [9.17, 15) is 0 Å². The van der Waals surface area contributed by atoms with Crippen LogP contribution in [0.5, 0.6) is 0 Å². The van der Waals surface area contributed by atoms with Gasteiger partial charge in [0, 0.05) is 10.9 Å². The van der Waals surface area contributed by atoms with Crippen molar-refractivity contribution < 1.29 is 0 Å². The van der Waals surface area contributed by atoms with Gasteiger partial charge >= 0.3 is 0 Å². The molecule has 0 amide bonds. The van der Waals surface area contributed by atoms with Crippen molar-refractivity contribution in [2.75, 3.05) is 0 Å². The fourth-order valence-corrected chi connectivity index (χ4v) is 3.39. The molecule has 0 radical (unpaired) electrons. The van der Waals surface area contributed by atoms with Crippen molar-refractivity contribution in [2.24, 2.45) is 4.99 Å². The molecule has 2 heterocycles. The molecule has 0 bridgehead atoms. The van der Waals surface area contributed by atoms with Gasteiger partial charge in [-0.25, -0.2) is 9.67 Å². The molecule has 0 saturated heterocycles. The highest BCUT2D eigenvalue weighted by Gasteiger charge is 2.27. The molecule has 5 nitrogen and oxygen atoms in total. The minimum absolute atomic E-state index is 0.0432. The van der Waals surface area contributed by atoms with Gasteiger partial charge in [0.15, 0.2) is 0 Å². The maximum absolute atomic E-state index is 4.68. The summed E-state index contributed by atoms with van der Waals surface area (Å²) in [6.07, 6.45) is 0.761. The number of aliphatic imine (C=N–C) groups is 1. The van der Waals surface area contributed by atoms with Gasteiger partial charge in [-0.15, -0.1) is 0 Å². The second-order valence-electron chi connectivity index (χ2n) is 6.06. The highest BCUT2D eigenvalue weighted by molar-refractivity contribution is 9.10. The Kier molecular flexibility index (Phi) is 3.76. The zero-order valence-corrected chi connectivity index (χ0v) is 15.0. The normalized spacial score (nSPS) is 16.6. The Morgan fingerprint density at radius 1 is 1.08 bits per heavy atom. The molecular weight excluding hydrogens is 366 g/mol. The number of nitrogens with zero attached hydrogens (tertiary/aromatic N) is 5. The Morgan fingerprint density at radius 3 is 2.75 bits per heavy atom. The van der Waals surface area contributed by atoms with E-state index in [4.69, 9.17) is 0 Å². The molecule has 1 aliphatic heterocycles. The molecule has 120 valence electrons. The first-order valence-electron chi connectivity index (χ1n) is 7.80. The number of benzene rings is 2. The van der Waals surface area contributed by atoms with E-state index in [2.05, 4.69) is 80.6 Å². The van der Waals surface area contributed by atoms with Crippen molar-refractivity contribution in [2.45, 2.75) is 26.3 Å². The van der Waals surface area contributed by atoms with E-state index >= 15 is 0 Å². The SMILES string of the molecule is Cc1ccc(C2=Nc3nnnn3C(c3cccc(Br)c3)C2)cc1C. The summed E-state index contributed by atoms with van der Waals surface area (Å²) in [5.41, 5.74) is 5.86. The molecule has 1 atom stereocenters. The van der Waals surface area contributed by atoms with Crippen molar-refractivity contribution in [3.05, 3.63) is 69.2 Å². The number of aromatic nitrogens is 4. The van der Waals surface area contributed by atoms with Gasteiger partial charge in [-0.1, -0.05) is 45.3 Å². The zero-order chi connectivity index (χ0) is 16.7. The summed E-state index contributed by atoms with van der Waals surface area (Å²) in [7, 11) is 0. The van der Waals surface area contributed by atoms with E-state index in [1.54, 1.807) is 4.68 Å². The molecule has 0 saturated carbocycles. The van der Waals surface area contributed by atoms with Crippen LogP contribution in [-0.2, 0) is 0 Å². The van der Waals surface area contributed by atoms with Gasteiger partial charge in [0.1, 0.15) is 0 Å². The second-order valence-corrected chi connectivity index (χ2v) is 6.97. The highest BCUT2D eigenvalue weighted by Crippen LogP contribution is 2.32. The Balaban J connectivity index is 1.80. The molecule has 0 fully saturated rings. The molecule has 3 aromatic rings. The van der Waals surface area contributed by atoms with Crippen LogP contribution in [-0.4, -0.2) is 25.9 Å². The Labute approximate surface area is 148 Å². The Bertz CT molecular complexity index is 944. The minimum Gasteiger partial charge on any atom is -0.214 e. The average molecular weight is 382 g/mol. The van der Waals surface area contributed by atoms with Gasteiger partial charge in [0.05, 0.1) is 11.8 Å². The molecule has 0 aliphatic carbocycles. The molecule has 2 aromatic carbocycles. The van der Waals surface area contributed by atoms with E-state index in [1.165, 1.54) is 11.1 Å². The van der Waals surface area contributed by atoms with E-state index in [1.807, 2.05) is 12.1 Å². The van der Waals surface area contributed by atoms with Gasteiger partial charge in [-0.2, -0.15) is 0 Å². The molecule has 1 aromatic heterocycles. The van der Waals surface area contributed by atoms with Crippen LogP contribution in [0.25, 0.3) is 0 Å². The van der Waals surface area contributed by atoms with Gasteiger partial charge < -0.3 is 0 Å². The quantitative estimate of drug-likeness (QED) is 0.669. The number of halogens is 1. The van der Waals surface area contributed by atoms with E-state index in [0.717, 1.165) is 27.7 Å². The lowest BCUT2D eigenvalue weighted by Crippen LogP contribution is -2.21. The van der Waals surface area contributed by atoms with E-state index < -0.39 is 0 Å². The minimum atomic E-state index is 0.0432. The summed E-state index contributed by atoms with van der Waals surface area (Å²) in [5.74, 6) is 0.555. The third-order valence-electron chi connectivity index (χ3n) is 4.47. The maximum atomic E-state index is 4.68. The first-order valence-corrected chi connectivity index (χ1v) is 8.59. The molecule has 4 rings (SSSR count). The van der Waals surface area contributed by atoms with Crippen molar-refractivity contribution in [3.8, 4) is 0 Å². The lowest BCUT2D eigenvalue weighted by Gasteiger charge is -2.23. The maximum Gasteiger partial charge on any atom is 0.269 e. The Hall–Kier alpha value is -2.34. The summed E-state index contributed by atoms with van der Waals surface area (Å²) in [5, 5.41) is 12.0. The van der Waals surface area contributed by atoms with Crippen molar-refractivity contribution >= 4 is 27.6 Å². The van der Waals surface area contributed by atoms with Crippen molar-refractivity contribution in [3.63, 3.8) is 0 Å². The van der Waals surface area contributed by atoms with Crippen LogP contribution < -0.4 is 0 Å². The summed E-state index contributed by atoms with van der Waals surface area (Å²) in [6.45, 7) is 4.24. The predicted octanol–water partition coefficient (Wildman–Crippen LogP) is 4.17. The van der Waals surface area contributed by atoms with Crippen LogP contribution in [0.1, 0.15) is 34.7 Å². The molecule has 24 heavy (non-hydrogen) atoms. The summed E-state index contributed by atoms with van der Waals surface area (Å²) in [6, 6.07) is 14.8. The topological polar surface area (TPSA) is 56.0 Å². The lowest BCUT2D eigenvalue weighted by atomic mass is 9.94. The van der Waals surface area contributed by atoms with Crippen molar-refractivity contribution in [1.29, 1.82) is 0 Å². The highest BCUT2D eigenvalue weighted by atomic mass is 79.9. The average Bonchev–Trinajstić information content (AvgIpc) is 3.05. The number of fused-ring (bicyclic) bond motifs is 1. The molecule has 1 unspecified atom stereocenters. The molecule has 0 N–H and O–H groups in total. The monoisotopic (exact) mass is 381 g/mol. The summed E-state index contributed by atoms with van der Waals surface area (Å²) < 4.78 is 2.84. The molecule has 1 aliphatic rings. The largest absolute Gasteiger partial charge is 0.269 e. The van der Waals surface area contributed by atoms with E-state index in [-0.39, 0.29) is 6.04 Å². The number of hydrogen-bond acceptors (Lipinski definition) is 4. The van der Waals surface area contributed by atoms with E-state index in [0.29, 0.717) is 5.95 Å². The smallest absolute Gasteiger partial charge is 0.214 e. The summed E-state index contributed by atoms with van der Waals surface area (Å²) in [4.78, 5) is 4.68. The fraction of sp³-hybridized carbons (Fsp3) is 0.222. The Morgan fingerprint density at radius 2 is 1.96 bits per heavy atom. The molecule has 6 heteroatoms. The number of hydrogen-bond donors (Lipinski definition) is 0. The third kappa shape index (κ3) is 2.67. The van der Waals surface area contributed by atoms with Crippen molar-refractivity contribution in [1.82, 2.24) is 20.2 Å². The van der Waals surface area contributed by atoms with Crippen LogP contribution in [0, 0.1) is 13.8 Å². The standard InChI is InChI=1S/C18H16BrN5/c1-11-6-7-13(8-12(11)2)16-10-17(14-4-3-5-15(19)9-14)24-18(20-16)21-22-23-24/h3-9,17H,10H2,1-2H3. The number of rotatable bonds is 2. The summed E-state index contributed by atoms with van der Waals surface area (Å²) >= 11 is 3.55. The van der Waals surface area contributed by atoms with Gasteiger partial charge in [-0.05, 0) is 64.7 Å². The van der Waals surface area contributed by atoms with Crippen LogP contribution in [0.4, 0.5) is 5.95 Å². The fourth-order valence-electron chi connectivity index (χ4n) is 2.98. The first kappa shape index (κ1) is 15.2. The second kappa shape index (κ2) is 5.94. The van der Waals surface area contributed by atoms with Crippen LogP contribution in [0.3, 0.4) is 0 Å². The molecular formula is C18H16BrN5. The number of aryl methyl sites for hydroxylation is 2. The first-order chi connectivity index (χ1) is 11.6. The van der Waals surface area contributed by atoms with Crippen LogP contribution in [0.15, 0.2) is 51.9 Å². The van der Waals surface area contributed by atoms with Gasteiger partial charge in [0.2, 0.25) is 0 Å². The van der Waals surface area contributed by atoms with Crippen LogP contribution in [0.2, 0.25) is 0 Å². The molecule has 0 spiro atoms. The predicted molar refractivity (Wildman–Crippen MR) is 96.8 cm³/mol. The number of tetrazole rings is 1. The van der Waals surface area contributed by atoms with Crippen LogP contribution >= 0.6 is 15.9 Å². The van der Waals surface area contributed by atoms with Gasteiger partial charge in [-0.3, -0.25) is 0 Å². The van der Waals surface area contributed by atoms with Gasteiger partial charge in [0.25, 0.3) is 5.95 Å². The lowest BCUT2D eigenvalue weighted by molar-refractivity contribution is 0.514. The third-order valence-corrected chi connectivity index (χ3v) is 4.96. The zero-order valence-electron chi connectivity index (χ0n) is 13.4.